The van der Waals surface area contributed by atoms with E-state index in [1.54, 1.807) is 0 Å². The topological polar surface area (TPSA) is 78.3 Å². The van der Waals surface area contributed by atoms with Crippen LogP contribution in [0.15, 0.2) is 16.0 Å². The first-order valence-electron chi connectivity index (χ1n) is 6.41. The van der Waals surface area contributed by atoms with Crippen molar-refractivity contribution in [2.24, 2.45) is 0 Å². The second-order valence-electron chi connectivity index (χ2n) is 4.13. The quantitative estimate of drug-likeness (QED) is 0.314. The predicted octanol–water partition coefficient (Wildman–Crippen LogP) is 1.65. The van der Waals surface area contributed by atoms with E-state index in [9.17, 15) is 14.4 Å². The van der Waals surface area contributed by atoms with Gasteiger partial charge in [0.05, 0.1) is 6.61 Å². The van der Waals surface area contributed by atoms with Crippen LogP contribution >= 0.6 is 11.8 Å². The van der Waals surface area contributed by atoms with E-state index < -0.39 is 5.69 Å². The van der Waals surface area contributed by atoms with Crippen molar-refractivity contribution in [3.63, 3.8) is 0 Å². The summed E-state index contributed by atoms with van der Waals surface area (Å²) in [6.45, 7) is 4.47. The Labute approximate surface area is 121 Å². The van der Waals surface area contributed by atoms with E-state index >= 15 is 0 Å². The van der Waals surface area contributed by atoms with Gasteiger partial charge in [0.2, 0.25) is 5.91 Å². The standard InChI is InChI=1S/C13H18N2O4S/c1-3-20-12-10(2)8-15(13(18)14-12)11(17)6-4-5-7-19-9-16/h8-9H,3-7H2,1-2H3. The average molecular weight is 298 g/mol. The Balaban J connectivity index is 2.66. The van der Waals surface area contributed by atoms with Crippen molar-refractivity contribution in [2.45, 2.75) is 38.1 Å². The summed E-state index contributed by atoms with van der Waals surface area (Å²) in [6, 6.07) is 0. The molecule has 0 radical (unpaired) electrons. The molecule has 0 saturated heterocycles. The number of ether oxygens (including phenoxy) is 1. The lowest BCUT2D eigenvalue weighted by atomic mass is 10.2. The number of aryl methyl sites for hydroxylation is 1. The molecule has 110 valence electrons. The minimum atomic E-state index is -0.541. The normalized spacial score (nSPS) is 10.3. The first kappa shape index (κ1) is 16.4. The molecular formula is C13H18N2O4S. The third-order valence-electron chi connectivity index (χ3n) is 2.58. The molecule has 0 aliphatic heterocycles. The van der Waals surface area contributed by atoms with Crippen LogP contribution in [0.5, 0.6) is 0 Å². The molecule has 0 atom stereocenters. The number of rotatable bonds is 8. The van der Waals surface area contributed by atoms with Crippen LogP contribution in [0.4, 0.5) is 0 Å². The van der Waals surface area contributed by atoms with Gasteiger partial charge in [0.1, 0.15) is 5.03 Å². The molecule has 0 aliphatic rings. The number of hydrogen-bond acceptors (Lipinski definition) is 6. The van der Waals surface area contributed by atoms with Crippen molar-refractivity contribution in [2.75, 3.05) is 12.4 Å². The fourth-order valence-electron chi connectivity index (χ4n) is 1.62. The Kier molecular flexibility index (Phi) is 7.00. The van der Waals surface area contributed by atoms with Gasteiger partial charge in [-0.2, -0.15) is 4.98 Å². The molecule has 20 heavy (non-hydrogen) atoms. The molecule has 1 heterocycles. The predicted molar refractivity (Wildman–Crippen MR) is 76.1 cm³/mol. The number of hydrogen-bond donors (Lipinski definition) is 0. The third-order valence-corrected chi connectivity index (χ3v) is 3.56. The summed E-state index contributed by atoms with van der Waals surface area (Å²) in [5.41, 5.74) is 0.273. The van der Waals surface area contributed by atoms with Gasteiger partial charge in [-0.25, -0.2) is 9.36 Å². The van der Waals surface area contributed by atoms with Crippen LogP contribution < -0.4 is 5.69 Å². The fourth-order valence-corrected chi connectivity index (χ4v) is 2.32. The molecule has 0 amide bonds. The maximum atomic E-state index is 11.9. The molecule has 0 unspecified atom stereocenters. The van der Waals surface area contributed by atoms with E-state index in [2.05, 4.69) is 9.72 Å². The Morgan fingerprint density at radius 3 is 2.90 bits per heavy atom. The van der Waals surface area contributed by atoms with Crippen LogP contribution in [0, 0.1) is 6.92 Å². The molecule has 0 fully saturated rings. The Hall–Kier alpha value is -1.63. The van der Waals surface area contributed by atoms with Gasteiger partial charge in [-0.1, -0.05) is 6.92 Å². The van der Waals surface area contributed by atoms with E-state index in [0.29, 0.717) is 24.3 Å². The van der Waals surface area contributed by atoms with E-state index in [1.807, 2.05) is 13.8 Å². The summed E-state index contributed by atoms with van der Waals surface area (Å²) in [6.07, 6.45) is 2.92. The molecule has 0 aromatic carbocycles. The summed E-state index contributed by atoms with van der Waals surface area (Å²) in [4.78, 5) is 37.6. The Morgan fingerprint density at radius 2 is 2.25 bits per heavy atom. The highest BCUT2D eigenvalue weighted by molar-refractivity contribution is 7.99. The van der Waals surface area contributed by atoms with Crippen molar-refractivity contribution in [1.29, 1.82) is 0 Å². The van der Waals surface area contributed by atoms with Gasteiger partial charge in [-0.3, -0.25) is 9.59 Å². The monoisotopic (exact) mass is 298 g/mol. The van der Waals surface area contributed by atoms with Crippen LogP contribution in [-0.4, -0.2) is 34.3 Å². The van der Waals surface area contributed by atoms with E-state index in [4.69, 9.17) is 0 Å². The first-order valence-corrected chi connectivity index (χ1v) is 7.40. The second kappa shape index (κ2) is 8.52. The summed E-state index contributed by atoms with van der Waals surface area (Å²) >= 11 is 1.48. The second-order valence-corrected chi connectivity index (χ2v) is 5.39. The number of carbonyl (C=O) groups is 2. The summed E-state index contributed by atoms with van der Waals surface area (Å²) in [5, 5.41) is 0.668. The maximum absolute atomic E-state index is 11.9. The smallest absolute Gasteiger partial charge is 0.355 e. The van der Waals surface area contributed by atoms with E-state index in [0.717, 1.165) is 15.9 Å². The van der Waals surface area contributed by atoms with Crippen molar-refractivity contribution in [3.8, 4) is 0 Å². The molecule has 1 aromatic rings. The highest BCUT2D eigenvalue weighted by Gasteiger charge is 2.11. The molecule has 0 saturated carbocycles. The number of carbonyl (C=O) groups excluding carboxylic acids is 2. The molecule has 0 N–H and O–H groups in total. The zero-order valence-electron chi connectivity index (χ0n) is 11.6. The van der Waals surface area contributed by atoms with Crippen molar-refractivity contribution < 1.29 is 14.3 Å². The summed E-state index contributed by atoms with van der Waals surface area (Å²) in [5.74, 6) is 0.534. The molecule has 0 bridgehead atoms. The first-order chi connectivity index (χ1) is 9.60. The molecule has 6 nitrogen and oxygen atoms in total. The van der Waals surface area contributed by atoms with Crippen molar-refractivity contribution in [1.82, 2.24) is 9.55 Å². The van der Waals surface area contributed by atoms with Gasteiger partial charge >= 0.3 is 5.69 Å². The molecule has 0 aliphatic carbocycles. The van der Waals surface area contributed by atoms with Gasteiger partial charge in [-0.15, -0.1) is 11.8 Å². The van der Waals surface area contributed by atoms with Crippen molar-refractivity contribution >= 4 is 24.1 Å². The molecular weight excluding hydrogens is 280 g/mol. The average Bonchev–Trinajstić information content (AvgIpc) is 2.42. The Morgan fingerprint density at radius 1 is 1.50 bits per heavy atom. The Bertz CT molecular complexity index is 528. The van der Waals surface area contributed by atoms with Gasteiger partial charge < -0.3 is 4.74 Å². The maximum Gasteiger partial charge on any atom is 0.355 e. The number of nitrogens with zero attached hydrogens (tertiary/aromatic N) is 2. The van der Waals surface area contributed by atoms with Crippen LogP contribution in [0.2, 0.25) is 0 Å². The van der Waals surface area contributed by atoms with E-state index in [1.165, 1.54) is 18.0 Å². The van der Waals surface area contributed by atoms with Gasteiger partial charge in [0.25, 0.3) is 6.47 Å². The van der Waals surface area contributed by atoms with Crippen LogP contribution in [-0.2, 0) is 9.53 Å². The van der Waals surface area contributed by atoms with Crippen LogP contribution in [0.1, 0.15) is 36.5 Å². The largest absolute Gasteiger partial charge is 0.468 e. The lowest BCUT2D eigenvalue weighted by Gasteiger charge is -2.07. The number of thioether (sulfide) groups is 1. The van der Waals surface area contributed by atoms with Crippen molar-refractivity contribution in [3.05, 3.63) is 22.2 Å². The van der Waals surface area contributed by atoms with Gasteiger partial charge in [-0.05, 0) is 31.1 Å². The molecule has 1 aromatic heterocycles. The minimum absolute atomic E-state index is 0.226. The van der Waals surface area contributed by atoms with E-state index in [-0.39, 0.29) is 18.9 Å². The summed E-state index contributed by atoms with van der Waals surface area (Å²) < 4.78 is 5.58. The highest BCUT2D eigenvalue weighted by Crippen LogP contribution is 2.17. The minimum Gasteiger partial charge on any atom is -0.468 e. The highest BCUT2D eigenvalue weighted by atomic mass is 32.2. The molecule has 7 heteroatoms. The zero-order chi connectivity index (χ0) is 15.0. The SMILES string of the molecule is CCSc1nc(=O)n(C(=O)CCCCOC=O)cc1C. The van der Waals surface area contributed by atoms with Gasteiger partial charge in [0, 0.05) is 12.6 Å². The molecule has 0 spiro atoms. The number of unbranched alkanes of at least 4 members (excludes halogenated alkanes) is 1. The van der Waals surface area contributed by atoms with Crippen LogP contribution in [0.3, 0.4) is 0 Å². The van der Waals surface area contributed by atoms with Crippen LogP contribution in [0.25, 0.3) is 0 Å². The zero-order valence-corrected chi connectivity index (χ0v) is 12.4. The third kappa shape index (κ3) is 4.80. The lowest BCUT2D eigenvalue weighted by molar-refractivity contribution is -0.128. The fraction of sp³-hybridized carbons (Fsp3) is 0.538. The molecule has 1 rings (SSSR count). The lowest BCUT2D eigenvalue weighted by Crippen LogP contribution is -2.29. The number of aromatic nitrogens is 2. The van der Waals surface area contributed by atoms with Gasteiger partial charge in [0.15, 0.2) is 0 Å². The summed E-state index contributed by atoms with van der Waals surface area (Å²) in [7, 11) is 0.